The number of aromatic nitrogens is 2. The van der Waals surface area contributed by atoms with Crippen LogP contribution in [0, 0.1) is 17.2 Å². The van der Waals surface area contributed by atoms with Gasteiger partial charge in [-0.2, -0.15) is 5.26 Å². The van der Waals surface area contributed by atoms with Crippen LogP contribution in [0.15, 0.2) is 48.5 Å². The van der Waals surface area contributed by atoms with E-state index in [4.69, 9.17) is 0 Å². The van der Waals surface area contributed by atoms with Gasteiger partial charge in [0.2, 0.25) is 12.3 Å². The number of amides is 3. The summed E-state index contributed by atoms with van der Waals surface area (Å²) in [4.78, 5) is 46.3. The van der Waals surface area contributed by atoms with Gasteiger partial charge in [0.05, 0.1) is 17.1 Å². The second-order valence-corrected chi connectivity index (χ2v) is 8.51. The van der Waals surface area contributed by atoms with E-state index in [1.54, 1.807) is 17.9 Å². The van der Waals surface area contributed by atoms with Gasteiger partial charge in [-0.3, -0.25) is 14.4 Å². The molecule has 1 saturated heterocycles. The van der Waals surface area contributed by atoms with Crippen molar-refractivity contribution in [2.45, 2.75) is 31.7 Å². The Bertz CT molecular complexity index is 1210. The van der Waals surface area contributed by atoms with Gasteiger partial charge in [-0.05, 0) is 43.5 Å². The first-order valence-electron chi connectivity index (χ1n) is 11.2. The number of aromatic amines is 1. The maximum absolute atomic E-state index is 13.4. The number of nitrogens with zero attached hydrogens (tertiary/aromatic N) is 3. The molecule has 3 atom stereocenters. The lowest BCUT2D eigenvalue weighted by molar-refractivity contribution is -0.132. The number of para-hydroxylation sites is 3. The van der Waals surface area contributed by atoms with Gasteiger partial charge in [0.1, 0.15) is 6.04 Å². The normalized spacial score (nSPS) is 17.1. The predicted molar refractivity (Wildman–Crippen MR) is 127 cm³/mol. The van der Waals surface area contributed by atoms with Crippen LogP contribution in [0.25, 0.3) is 11.0 Å². The average Bonchev–Trinajstić information content (AvgIpc) is 3.51. The highest BCUT2D eigenvalue weighted by molar-refractivity contribution is 5.97. The third-order valence-electron chi connectivity index (χ3n) is 6.13. The quantitative estimate of drug-likeness (QED) is 0.447. The number of fused-ring (bicyclic) bond motifs is 1. The van der Waals surface area contributed by atoms with Crippen molar-refractivity contribution in [1.82, 2.24) is 20.2 Å². The molecule has 0 spiro atoms. The number of rotatable bonds is 8. The van der Waals surface area contributed by atoms with Gasteiger partial charge >= 0.3 is 0 Å². The molecule has 1 aromatic heterocycles. The van der Waals surface area contributed by atoms with E-state index in [-0.39, 0.29) is 24.1 Å². The van der Waals surface area contributed by atoms with Crippen molar-refractivity contribution in [3.05, 3.63) is 59.9 Å². The standard InChI is InChI=1S/C25H26N6O3/c1-16(13-26)12-22(30-24(33)23-28-20-8-4-5-9-21(20)29-23)25(34)31-11-10-17(14-31)18-6-2-3-7-19(18)27-15-32/h2-9,15-17,22H,10-12,14H2,1H3,(H,27,32)(H,28,29)(H,30,33). The molecular formula is C25H26N6O3. The molecule has 2 heterocycles. The van der Waals surface area contributed by atoms with E-state index in [0.717, 1.165) is 23.2 Å². The third-order valence-corrected chi connectivity index (χ3v) is 6.13. The van der Waals surface area contributed by atoms with Gasteiger partial charge in [-0.25, -0.2) is 4.98 Å². The molecule has 3 N–H and O–H groups in total. The van der Waals surface area contributed by atoms with Crippen LogP contribution >= 0.6 is 0 Å². The lowest BCUT2D eigenvalue weighted by atomic mass is 9.96. The molecule has 3 aromatic rings. The van der Waals surface area contributed by atoms with Crippen molar-refractivity contribution in [2.75, 3.05) is 18.4 Å². The van der Waals surface area contributed by atoms with Crippen LogP contribution in [0.1, 0.15) is 41.9 Å². The zero-order valence-electron chi connectivity index (χ0n) is 18.8. The van der Waals surface area contributed by atoms with Gasteiger partial charge < -0.3 is 20.5 Å². The van der Waals surface area contributed by atoms with E-state index in [0.29, 0.717) is 25.0 Å². The Labute approximate surface area is 197 Å². The molecule has 0 saturated carbocycles. The number of hydrogen-bond donors (Lipinski definition) is 3. The molecular weight excluding hydrogens is 432 g/mol. The van der Waals surface area contributed by atoms with E-state index < -0.39 is 17.9 Å². The fraction of sp³-hybridized carbons (Fsp3) is 0.320. The van der Waals surface area contributed by atoms with Crippen molar-refractivity contribution >= 4 is 34.9 Å². The van der Waals surface area contributed by atoms with E-state index in [1.165, 1.54) is 0 Å². The van der Waals surface area contributed by atoms with Gasteiger partial charge in [0, 0.05) is 30.6 Å². The molecule has 3 unspecified atom stereocenters. The van der Waals surface area contributed by atoms with Crippen molar-refractivity contribution in [1.29, 1.82) is 5.26 Å². The van der Waals surface area contributed by atoms with Crippen molar-refractivity contribution < 1.29 is 14.4 Å². The Hall–Kier alpha value is -4.19. The minimum Gasteiger partial charge on any atom is -0.340 e. The maximum atomic E-state index is 13.4. The van der Waals surface area contributed by atoms with Crippen LogP contribution in [0.3, 0.4) is 0 Å². The molecule has 9 heteroatoms. The van der Waals surface area contributed by atoms with Crippen LogP contribution in [-0.2, 0) is 9.59 Å². The Morgan fingerprint density at radius 2 is 2.03 bits per heavy atom. The lowest BCUT2D eigenvalue weighted by Crippen LogP contribution is -2.48. The monoisotopic (exact) mass is 458 g/mol. The van der Waals surface area contributed by atoms with Crippen molar-refractivity contribution in [2.24, 2.45) is 5.92 Å². The Morgan fingerprint density at radius 3 is 2.79 bits per heavy atom. The zero-order valence-corrected chi connectivity index (χ0v) is 18.8. The molecule has 3 amide bonds. The number of carbonyl (C=O) groups excluding carboxylic acids is 3. The molecule has 34 heavy (non-hydrogen) atoms. The van der Waals surface area contributed by atoms with Crippen LogP contribution < -0.4 is 10.6 Å². The van der Waals surface area contributed by atoms with E-state index in [9.17, 15) is 19.6 Å². The summed E-state index contributed by atoms with van der Waals surface area (Å²) in [5.74, 6) is -0.948. The smallest absolute Gasteiger partial charge is 0.287 e. The highest BCUT2D eigenvalue weighted by Gasteiger charge is 2.34. The maximum Gasteiger partial charge on any atom is 0.287 e. The summed E-state index contributed by atoms with van der Waals surface area (Å²) in [7, 11) is 0. The topological polar surface area (TPSA) is 131 Å². The molecule has 0 radical (unpaired) electrons. The number of hydrogen-bond acceptors (Lipinski definition) is 5. The summed E-state index contributed by atoms with van der Waals surface area (Å²) in [5.41, 5.74) is 3.08. The van der Waals surface area contributed by atoms with Crippen LogP contribution in [0.2, 0.25) is 0 Å². The van der Waals surface area contributed by atoms with Crippen molar-refractivity contribution in [3.8, 4) is 6.07 Å². The number of imidazole rings is 1. The predicted octanol–water partition coefficient (Wildman–Crippen LogP) is 2.80. The van der Waals surface area contributed by atoms with Gasteiger partial charge in [0.25, 0.3) is 5.91 Å². The van der Waals surface area contributed by atoms with Gasteiger partial charge in [-0.15, -0.1) is 0 Å². The summed E-state index contributed by atoms with van der Waals surface area (Å²) in [6.45, 7) is 2.72. The molecule has 1 aliphatic heterocycles. The molecule has 9 nitrogen and oxygen atoms in total. The first-order valence-corrected chi connectivity index (χ1v) is 11.2. The molecule has 1 aliphatic rings. The fourth-order valence-corrected chi connectivity index (χ4v) is 4.40. The number of anilines is 1. The van der Waals surface area contributed by atoms with E-state index in [1.807, 2.05) is 42.5 Å². The number of nitrogens with one attached hydrogen (secondary N) is 3. The van der Waals surface area contributed by atoms with Crippen molar-refractivity contribution in [3.63, 3.8) is 0 Å². The van der Waals surface area contributed by atoms with Crippen LogP contribution in [0.5, 0.6) is 0 Å². The summed E-state index contributed by atoms with van der Waals surface area (Å²) >= 11 is 0. The minimum absolute atomic E-state index is 0.0627. The largest absolute Gasteiger partial charge is 0.340 e. The molecule has 0 bridgehead atoms. The highest BCUT2D eigenvalue weighted by atomic mass is 16.2. The Morgan fingerprint density at radius 1 is 1.26 bits per heavy atom. The van der Waals surface area contributed by atoms with Gasteiger partial charge in [0.15, 0.2) is 5.82 Å². The Kier molecular flexibility index (Phi) is 6.87. The van der Waals surface area contributed by atoms with Crippen LogP contribution in [-0.4, -0.2) is 52.2 Å². The number of benzene rings is 2. The minimum atomic E-state index is -0.850. The highest BCUT2D eigenvalue weighted by Crippen LogP contribution is 2.32. The third kappa shape index (κ3) is 4.91. The van der Waals surface area contributed by atoms with Gasteiger partial charge in [-0.1, -0.05) is 30.3 Å². The average molecular weight is 459 g/mol. The Balaban J connectivity index is 1.50. The summed E-state index contributed by atoms with van der Waals surface area (Å²) in [5, 5.41) is 14.8. The second-order valence-electron chi connectivity index (χ2n) is 8.51. The number of H-pyrrole nitrogens is 1. The van der Waals surface area contributed by atoms with Crippen LogP contribution in [0.4, 0.5) is 5.69 Å². The summed E-state index contributed by atoms with van der Waals surface area (Å²) in [6.07, 6.45) is 1.58. The molecule has 174 valence electrons. The second kappa shape index (κ2) is 10.2. The first kappa shape index (κ1) is 23.0. The zero-order chi connectivity index (χ0) is 24.1. The first-order chi connectivity index (χ1) is 16.5. The lowest BCUT2D eigenvalue weighted by Gasteiger charge is -2.25. The SMILES string of the molecule is CC(C#N)CC(NC(=O)c1nc2ccccc2[nH]1)C(=O)N1CCC(c2ccccc2NC=O)C1. The van der Waals surface area contributed by atoms with E-state index >= 15 is 0 Å². The molecule has 0 aliphatic carbocycles. The molecule has 2 aromatic carbocycles. The molecule has 1 fully saturated rings. The summed E-state index contributed by atoms with van der Waals surface area (Å²) < 4.78 is 0. The number of likely N-dealkylation sites (tertiary alicyclic amines) is 1. The number of nitriles is 1. The fourth-order valence-electron chi connectivity index (χ4n) is 4.40. The summed E-state index contributed by atoms with van der Waals surface area (Å²) in [6, 6.07) is 16.1. The van der Waals surface area contributed by atoms with E-state index in [2.05, 4.69) is 26.7 Å². The molecule has 4 rings (SSSR count). The number of carbonyl (C=O) groups is 3.